The quantitative estimate of drug-likeness (QED) is 0.702. The molecule has 22 heavy (non-hydrogen) atoms. The molecule has 4 nitrogen and oxygen atoms in total. The van der Waals surface area contributed by atoms with Crippen LogP contribution in [0, 0.1) is 0 Å². The van der Waals surface area contributed by atoms with Gasteiger partial charge >= 0.3 is 0 Å². The van der Waals surface area contributed by atoms with Crippen LogP contribution < -0.4 is 5.32 Å². The van der Waals surface area contributed by atoms with E-state index in [2.05, 4.69) is 15.3 Å². The summed E-state index contributed by atoms with van der Waals surface area (Å²) in [5, 5.41) is 14.5. The molecule has 0 spiro atoms. The minimum atomic E-state index is 0.410. The second-order valence-corrected chi connectivity index (χ2v) is 5.66. The molecule has 0 radical (unpaired) electrons. The summed E-state index contributed by atoms with van der Waals surface area (Å²) in [6.45, 7) is 0. The maximum atomic E-state index is 10.1. The van der Waals surface area contributed by atoms with Gasteiger partial charge in [0, 0.05) is 11.1 Å². The van der Waals surface area contributed by atoms with Crippen LogP contribution in [0.2, 0.25) is 0 Å². The summed E-state index contributed by atoms with van der Waals surface area (Å²) < 4.78 is 0. The molecule has 2 aromatic carbocycles. The number of phenolic OH excluding ortho intramolecular Hbond substituents is 1. The standard InChI is InChI=1S/C18H17N3O/c22-17-10-9-16(12-5-1-2-6-13(12)17)21-18-14-7-3-4-8-15(14)19-11-20-18/h3-4,7-11,22H,1-2,5-6H2,(H,19,20,21). The smallest absolute Gasteiger partial charge is 0.141 e. The third kappa shape index (κ3) is 2.17. The van der Waals surface area contributed by atoms with Crippen LogP contribution in [-0.4, -0.2) is 15.1 Å². The number of aromatic hydroxyl groups is 1. The van der Waals surface area contributed by atoms with E-state index in [4.69, 9.17) is 0 Å². The zero-order valence-electron chi connectivity index (χ0n) is 12.2. The molecule has 4 heteroatoms. The number of hydrogen-bond donors (Lipinski definition) is 2. The maximum absolute atomic E-state index is 10.1. The van der Waals surface area contributed by atoms with Gasteiger partial charge in [0.25, 0.3) is 0 Å². The second kappa shape index (κ2) is 5.30. The molecule has 1 heterocycles. The fraction of sp³-hybridized carbons (Fsp3) is 0.222. The van der Waals surface area contributed by atoms with Gasteiger partial charge in [0.05, 0.1) is 5.52 Å². The van der Waals surface area contributed by atoms with E-state index in [1.54, 1.807) is 12.4 Å². The van der Waals surface area contributed by atoms with Crippen LogP contribution in [0.1, 0.15) is 24.0 Å². The van der Waals surface area contributed by atoms with E-state index in [0.29, 0.717) is 5.75 Å². The summed E-state index contributed by atoms with van der Waals surface area (Å²) >= 11 is 0. The molecule has 4 rings (SSSR count). The molecule has 0 aliphatic heterocycles. The highest BCUT2D eigenvalue weighted by atomic mass is 16.3. The van der Waals surface area contributed by atoms with Crippen molar-refractivity contribution in [1.29, 1.82) is 0 Å². The lowest BCUT2D eigenvalue weighted by molar-refractivity contribution is 0.462. The molecular formula is C18H17N3O. The summed E-state index contributed by atoms with van der Waals surface area (Å²) in [5.74, 6) is 1.22. The summed E-state index contributed by atoms with van der Waals surface area (Å²) in [7, 11) is 0. The lowest BCUT2D eigenvalue weighted by Gasteiger charge is -2.21. The first-order valence-electron chi connectivity index (χ1n) is 7.63. The number of aromatic nitrogens is 2. The number of hydrogen-bond acceptors (Lipinski definition) is 4. The Bertz CT molecular complexity index is 840. The number of nitrogens with one attached hydrogen (secondary N) is 1. The van der Waals surface area contributed by atoms with Crippen LogP contribution in [0.3, 0.4) is 0 Å². The van der Waals surface area contributed by atoms with Crippen LogP contribution in [0.4, 0.5) is 11.5 Å². The van der Waals surface area contributed by atoms with Gasteiger partial charge in [0.1, 0.15) is 17.9 Å². The van der Waals surface area contributed by atoms with Gasteiger partial charge in [0.2, 0.25) is 0 Å². The summed E-state index contributed by atoms with van der Waals surface area (Å²) in [5.41, 5.74) is 4.26. The molecular weight excluding hydrogens is 274 g/mol. The van der Waals surface area contributed by atoms with Gasteiger partial charge in [-0.15, -0.1) is 0 Å². The van der Waals surface area contributed by atoms with Gasteiger partial charge in [-0.05, 0) is 61.1 Å². The molecule has 0 bridgehead atoms. The van der Waals surface area contributed by atoms with Gasteiger partial charge in [-0.25, -0.2) is 9.97 Å². The molecule has 0 atom stereocenters. The minimum Gasteiger partial charge on any atom is -0.508 e. The molecule has 110 valence electrons. The Hall–Kier alpha value is -2.62. The lowest BCUT2D eigenvalue weighted by Crippen LogP contribution is -2.07. The zero-order valence-corrected chi connectivity index (χ0v) is 12.2. The largest absolute Gasteiger partial charge is 0.508 e. The Kier molecular flexibility index (Phi) is 3.15. The van der Waals surface area contributed by atoms with Gasteiger partial charge in [-0.2, -0.15) is 0 Å². The van der Waals surface area contributed by atoms with Crippen molar-refractivity contribution in [2.75, 3.05) is 5.32 Å². The van der Waals surface area contributed by atoms with E-state index in [0.717, 1.165) is 53.7 Å². The van der Waals surface area contributed by atoms with Crippen molar-refractivity contribution in [2.24, 2.45) is 0 Å². The number of para-hydroxylation sites is 1. The van der Waals surface area contributed by atoms with Crippen LogP contribution in [0.5, 0.6) is 5.75 Å². The van der Waals surface area contributed by atoms with Crippen molar-refractivity contribution in [3.63, 3.8) is 0 Å². The minimum absolute atomic E-state index is 0.410. The highest BCUT2D eigenvalue weighted by Crippen LogP contribution is 2.35. The fourth-order valence-corrected chi connectivity index (χ4v) is 3.20. The Morgan fingerprint density at radius 3 is 2.64 bits per heavy atom. The number of benzene rings is 2. The third-order valence-corrected chi connectivity index (χ3v) is 4.31. The molecule has 2 N–H and O–H groups in total. The van der Waals surface area contributed by atoms with Gasteiger partial charge in [0.15, 0.2) is 0 Å². The van der Waals surface area contributed by atoms with E-state index in [-0.39, 0.29) is 0 Å². The molecule has 1 aliphatic carbocycles. The van der Waals surface area contributed by atoms with Crippen LogP contribution in [-0.2, 0) is 12.8 Å². The SMILES string of the molecule is Oc1ccc(Nc2ncnc3ccccc23)c2c1CCCC2. The van der Waals surface area contributed by atoms with Gasteiger partial charge < -0.3 is 10.4 Å². The number of fused-ring (bicyclic) bond motifs is 2. The number of phenols is 1. The van der Waals surface area contributed by atoms with Crippen molar-refractivity contribution < 1.29 is 5.11 Å². The van der Waals surface area contributed by atoms with Gasteiger partial charge in [-0.1, -0.05) is 12.1 Å². The van der Waals surface area contributed by atoms with Crippen LogP contribution >= 0.6 is 0 Å². The predicted octanol–water partition coefficient (Wildman–Crippen LogP) is 3.96. The Morgan fingerprint density at radius 1 is 0.909 bits per heavy atom. The Morgan fingerprint density at radius 2 is 1.73 bits per heavy atom. The third-order valence-electron chi connectivity index (χ3n) is 4.31. The first kappa shape index (κ1) is 13.1. The monoisotopic (exact) mass is 291 g/mol. The van der Waals surface area contributed by atoms with Crippen LogP contribution in [0.25, 0.3) is 10.9 Å². The zero-order chi connectivity index (χ0) is 14.9. The Balaban J connectivity index is 1.80. The molecule has 0 fully saturated rings. The molecule has 0 saturated heterocycles. The molecule has 0 saturated carbocycles. The molecule has 1 aromatic heterocycles. The van der Waals surface area contributed by atoms with Crippen molar-refractivity contribution in [2.45, 2.75) is 25.7 Å². The summed E-state index contributed by atoms with van der Waals surface area (Å²) in [6.07, 6.45) is 5.82. The van der Waals surface area contributed by atoms with E-state index in [1.807, 2.05) is 30.3 Å². The van der Waals surface area contributed by atoms with Gasteiger partial charge in [-0.3, -0.25) is 0 Å². The lowest BCUT2D eigenvalue weighted by atomic mass is 9.89. The fourth-order valence-electron chi connectivity index (χ4n) is 3.20. The first-order chi connectivity index (χ1) is 10.8. The topological polar surface area (TPSA) is 58.0 Å². The average molecular weight is 291 g/mol. The number of nitrogens with zero attached hydrogens (tertiary/aromatic N) is 2. The molecule has 3 aromatic rings. The molecule has 0 unspecified atom stereocenters. The van der Waals surface area contributed by atoms with Crippen LogP contribution in [0.15, 0.2) is 42.7 Å². The van der Waals surface area contributed by atoms with E-state index in [9.17, 15) is 5.11 Å². The Labute approximate surface area is 128 Å². The average Bonchev–Trinajstić information content (AvgIpc) is 2.58. The van der Waals surface area contributed by atoms with E-state index >= 15 is 0 Å². The summed E-state index contributed by atoms with van der Waals surface area (Å²) in [4.78, 5) is 8.68. The molecule has 1 aliphatic rings. The second-order valence-electron chi connectivity index (χ2n) is 5.66. The van der Waals surface area contributed by atoms with Crippen molar-refractivity contribution in [1.82, 2.24) is 9.97 Å². The molecule has 0 amide bonds. The highest BCUT2D eigenvalue weighted by molar-refractivity contribution is 5.90. The summed E-state index contributed by atoms with van der Waals surface area (Å²) in [6, 6.07) is 11.7. The van der Waals surface area contributed by atoms with E-state index < -0.39 is 0 Å². The van der Waals surface area contributed by atoms with E-state index in [1.165, 1.54) is 5.56 Å². The normalized spacial score (nSPS) is 13.8. The van der Waals surface area contributed by atoms with Crippen molar-refractivity contribution in [3.05, 3.63) is 53.9 Å². The predicted molar refractivity (Wildman–Crippen MR) is 87.6 cm³/mol. The van der Waals surface area contributed by atoms with Crippen molar-refractivity contribution in [3.8, 4) is 5.75 Å². The van der Waals surface area contributed by atoms with Crippen molar-refractivity contribution >= 4 is 22.4 Å². The number of anilines is 2. The first-order valence-corrected chi connectivity index (χ1v) is 7.63. The maximum Gasteiger partial charge on any atom is 0.141 e. The highest BCUT2D eigenvalue weighted by Gasteiger charge is 2.17. The number of rotatable bonds is 2.